The number of hydrogen-bond donors (Lipinski definition) is 1. The molecule has 1 aliphatic rings. The number of sulfonamides is 1. The molecule has 8 heteroatoms. The molecular weight excluding hydrogens is 270 g/mol. The van der Waals surface area contributed by atoms with E-state index >= 15 is 0 Å². The molecule has 0 saturated carbocycles. The number of nitrogens with two attached hydrogens (primary N) is 1. The van der Waals surface area contributed by atoms with Crippen molar-refractivity contribution in [3.05, 3.63) is 34.4 Å². The summed E-state index contributed by atoms with van der Waals surface area (Å²) in [5.74, 6) is 0. The van der Waals surface area contributed by atoms with Gasteiger partial charge in [0, 0.05) is 12.6 Å². The zero-order chi connectivity index (χ0) is 14.0. The molecule has 1 atom stereocenters. The largest absolute Gasteiger partial charge is 0.315 e. The molecule has 1 aromatic carbocycles. The molecule has 19 heavy (non-hydrogen) atoms. The van der Waals surface area contributed by atoms with Gasteiger partial charge in [-0.1, -0.05) is 12.1 Å². The molecule has 0 spiro atoms. The van der Waals surface area contributed by atoms with Gasteiger partial charge in [-0.25, -0.2) is 8.42 Å². The van der Waals surface area contributed by atoms with Gasteiger partial charge in [0.1, 0.15) is 0 Å². The third-order valence-electron chi connectivity index (χ3n) is 3.15. The Hall–Kier alpha value is -1.51. The molecule has 104 valence electrons. The number of rotatable bonds is 3. The summed E-state index contributed by atoms with van der Waals surface area (Å²) in [6.07, 6.45) is 1.54. The first kappa shape index (κ1) is 13.9. The zero-order valence-electron chi connectivity index (χ0n) is 10.2. The van der Waals surface area contributed by atoms with Gasteiger partial charge in [-0.15, -0.1) is 0 Å². The maximum absolute atomic E-state index is 12.5. The molecule has 0 bridgehead atoms. The number of nitrogens with zero attached hydrogens (tertiary/aromatic N) is 2. The Kier molecular flexibility index (Phi) is 3.83. The van der Waals surface area contributed by atoms with Gasteiger partial charge in [0.2, 0.25) is 0 Å². The van der Waals surface area contributed by atoms with E-state index in [4.69, 9.17) is 5.73 Å². The Morgan fingerprint density at radius 3 is 2.63 bits per heavy atom. The van der Waals surface area contributed by atoms with Crippen molar-refractivity contribution in [3.8, 4) is 0 Å². The summed E-state index contributed by atoms with van der Waals surface area (Å²) in [4.78, 5) is 9.94. The van der Waals surface area contributed by atoms with Crippen molar-refractivity contribution in [1.29, 1.82) is 0 Å². The van der Waals surface area contributed by atoms with E-state index in [2.05, 4.69) is 0 Å². The van der Waals surface area contributed by atoms with Crippen molar-refractivity contribution < 1.29 is 13.3 Å². The minimum Gasteiger partial charge on any atom is -0.315 e. The Bertz CT molecular complexity index is 587. The molecule has 2 rings (SSSR count). The number of hydrogen-bond acceptors (Lipinski definition) is 5. The number of piperidine rings is 1. The first-order valence-corrected chi connectivity index (χ1v) is 7.39. The van der Waals surface area contributed by atoms with Crippen molar-refractivity contribution >= 4 is 15.7 Å². The molecule has 1 fully saturated rings. The maximum Gasteiger partial charge on any atom is 0.289 e. The van der Waals surface area contributed by atoms with E-state index in [0.717, 1.165) is 10.7 Å². The third kappa shape index (κ3) is 2.60. The molecule has 0 aliphatic carbocycles. The standard InChI is InChI=1S/C11H15N3O4S/c12-11-7-3-4-8-13(11)19(17,18)10-6-2-1-5-9(10)14(15)16/h1-2,5-6,11H,3-4,7-8,12H2. The highest BCUT2D eigenvalue weighted by Gasteiger charge is 2.35. The Balaban J connectivity index is 2.47. The summed E-state index contributed by atoms with van der Waals surface area (Å²) in [6.45, 7) is 0.301. The fourth-order valence-corrected chi connectivity index (χ4v) is 3.92. The highest BCUT2D eigenvalue weighted by molar-refractivity contribution is 7.89. The normalized spacial score (nSPS) is 21.2. The lowest BCUT2D eigenvalue weighted by molar-refractivity contribution is -0.387. The molecule has 0 aromatic heterocycles. The predicted octanol–water partition coefficient (Wildman–Crippen LogP) is 1.05. The third-order valence-corrected chi connectivity index (χ3v) is 5.12. The average molecular weight is 285 g/mol. The van der Waals surface area contributed by atoms with Crippen LogP contribution in [0.3, 0.4) is 0 Å². The summed E-state index contributed by atoms with van der Waals surface area (Å²) < 4.78 is 26.1. The van der Waals surface area contributed by atoms with Crippen molar-refractivity contribution in [3.63, 3.8) is 0 Å². The summed E-state index contributed by atoms with van der Waals surface area (Å²) in [7, 11) is -3.92. The van der Waals surface area contributed by atoms with Crippen molar-refractivity contribution in [2.45, 2.75) is 30.3 Å². The van der Waals surface area contributed by atoms with E-state index in [0.29, 0.717) is 19.4 Å². The Morgan fingerprint density at radius 1 is 1.32 bits per heavy atom. The fraction of sp³-hybridized carbons (Fsp3) is 0.455. The van der Waals surface area contributed by atoms with Crippen LogP contribution in [0, 0.1) is 10.1 Å². The average Bonchev–Trinajstić information content (AvgIpc) is 2.39. The van der Waals surface area contributed by atoms with Crippen LogP contribution in [-0.2, 0) is 10.0 Å². The van der Waals surface area contributed by atoms with E-state index in [1.165, 1.54) is 24.3 Å². The smallest absolute Gasteiger partial charge is 0.289 e. The van der Waals surface area contributed by atoms with Crippen LogP contribution in [0.25, 0.3) is 0 Å². The topological polar surface area (TPSA) is 107 Å². The van der Waals surface area contributed by atoms with Gasteiger partial charge in [-0.3, -0.25) is 10.1 Å². The summed E-state index contributed by atoms with van der Waals surface area (Å²) in [5.41, 5.74) is 5.39. The number of nitro groups is 1. The molecule has 1 aromatic rings. The van der Waals surface area contributed by atoms with Gasteiger partial charge in [-0.05, 0) is 25.3 Å². The quantitative estimate of drug-likeness (QED) is 0.660. The van der Waals surface area contributed by atoms with Gasteiger partial charge in [-0.2, -0.15) is 4.31 Å². The van der Waals surface area contributed by atoms with Gasteiger partial charge in [0.15, 0.2) is 4.90 Å². The monoisotopic (exact) mass is 285 g/mol. The van der Waals surface area contributed by atoms with Crippen LogP contribution in [0.2, 0.25) is 0 Å². The van der Waals surface area contributed by atoms with Crippen molar-refractivity contribution in [1.82, 2.24) is 4.31 Å². The molecule has 7 nitrogen and oxygen atoms in total. The lowest BCUT2D eigenvalue weighted by Gasteiger charge is -2.31. The lowest BCUT2D eigenvalue weighted by Crippen LogP contribution is -2.48. The van der Waals surface area contributed by atoms with Crippen LogP contribution in [0.15, 0.2) is 29.2 Å². The van der Waals surface area contributed by atoms with Crippen LogP contribution >= 0.6 is 0 Å². The minimum atomic E-state index is -3.92. The van der Waals surface area contributed by atoms with Crippen LogP contribution in [0.5, 0.6) is 0 Å². The molecule has 1 aliphatic heterocycles. The van der Waals surface area contributed by atoms with Gasteiger partial charge in [0.05, 0.1) is 11.1 Å². The van der Waals surface area contributed by atoms with Crippen LogP contribution in [-0.4, -0.2) is 30.4 Å². The van der Waals surface area contributed by atoms with E-state index in [1.807, 2.05) is 0 Å². The molecule has 0 radical (unpaired) electrons. The molecule has 0 amide bonds. The second kappa shape index (κ2) is 5.24. The highest BCUT2D eigenvalue weighted by atomic mass is 32.2. The number of para-hydroxylation sites is 1. The van der Waals surface area contributed by atoms with E-state index in [1.54, 1.807) is 0 Å². The molecule has 1 heterocycles. The van der Waals surface area contributed by atoms with Gasteiger partial charge in [0.25, 0.3) is 15.7 Å². The first-order valence-electron chi connectivity index (χ1n) is 5.95. The van der Waals surface area contributed by atoms with E-state index in [9.17, 15) is 18.5 Å². The first-order chi connectivity index (χ1) is 8.94. The van der Waals surface area contributed by atoms with Gasteiger partial charge >= 0.3 is 0 Å². The zero-order valence-corrected chi connectivity index (χ0v) is 11.0. The summed E-state index contributed by atoms with van der Waals surface area (Å²) in [5, 5.41) is 10.9. The predicted molar refractivity (Wildman–Crippen MR) is 68.8 cm³/mol. The minimum absolute atomic E-state index is 0.294. The van der Waals surface area contributed by atoms with E-state index in [-0.39, 0.29) is 4.90 Å². The van der Waals surface area contributed by atoms with Crippen LogP contribution in [0.1, 0.15) is 19.3 Å². The fourth-order valence-electron chi connectivity index (χ4n) is 2.18. The number of benzene rings is 1. The SMILES string of the molecule is NC1CCCCN1S(=O)(=O)c1ccccc1[N+](=O)[O-]. The van der Waals surface area contributed by atoms with Crippen molar-refractivity contribution in [2.75, 3.05) is 6.54 Å². The van der Waals surface area contributed by atoms with Crippen molar-refractivity contribution in [2.24, 2.45) is 5.73 Å². The van der Waals surface area contributed by atoms with Crippen LogP contribution < -0.4 is 5.73 Å². The highest BCUT2D eigenvalue weighted by Crippen LogP contribution is 2.29. The molecule has 1 saturated heterocycles. The second-order valence-corrected chi connectivity index (χ2v) is 6.26. The molecule has 1 unspecified atom stereocenters. The van der Waals surface area contributed by atoms with Crippen LogP contribution in [0.4, 0.5) is 5.69 Å². The summed E-state index contributed by atoms with van der Waals surface area (Å²) in [6, 6.07) is 5.33. The lowest BCUT2D eigenvalue weighted by atomic mass is 10.1. The Labute approximate surface area is 111 Å². The Morgan fingerprint density at radius 2 is 2.00 bits per heavy atom. The van der Waals surface area contributed by atoms with Gasteiger partial charge < -0.3 is 5.73 Å². The summed E-state index contributed by atoms with van der Waals surface area (Å²) >= 11 is 0. The molecular formula is C11H15N3O4S. The second-order valence-electron chi connectivity index (χ2n) is 4.40. The number of nitro benzene ring substituents is 1. The maximum atomic E-state index is 12.5. The van der Waals surface area contributed by atoms with E-state index < -0.39 is 26.8 Å². The molecule has 2 N–H and O–H groups in total.